The summed E-state index contributed by atoms with van der Waals surface area (Å²) in [6.45, 7) is 0.820. The first-order valence-electron chi connectivity index (χ1n) is 5.39. The van der Waals surface area contributed by atoms with Crippen LogP contribution in [-0.2, 0) is 16.6 Å². The van der Waals surface area contributed by atoms with Gasteiger partial charge in [0.1, 0.15) is 4.90 Å². The Morgan fingerprint density at radius 1 is 1.47 bits per heavy atom. The second kappa shape index (κ2) is 5.55. The minimum atomic E-state index is -3.75. The van der Waals surface area contributed by atoms with Crippen molar-refractivity contribution < 1.29 is 8.42 Å². The van der Waals surface area contributed by atoms with Gasteiger partial charge in [-0.2, -0.15) is 5.10 Å². The predicted molar refractivity (Wildman–Crippen MR) is 71.3 cm³/mol. The van der Waals surface area contributed by atoms with E-state index in [1.807, 2.05) is 0 Å². The van der Waals surface area contributed by atoms with Gasteiger partial charge in [0.2, 0.25) is 0 Å². The first kappa shape index (κ1) is 13.8. The van der Waals surface area contributed by atoms with Crippen LogP contribution < -0.4 is 10.5 Å². The molecule has 9 heteroatoms. The summed E-state index contributed by atoms with van der Waals surface area (Å²) in [4.78, 5) is 3.89. The minimum Gasteiger partial charge on any atom is -0.329 e. The molecule has 2 rings (SSSR count). The van der Waals surface area contributed by atoms with Gasteiger partial charge < -0.3 is 5.73 Å². The summed E-state index contributed by atoms with van der Waals surface area (Å²) in [7, 11) is -3.75. The van der Waals surface area contributed by atoms with Gasteiger partial charge in [-0.05, 0) is 12.1 Å². The number of nitrogens with one attached hydrogen (secondary N) is 1. The summed E-state index contributed by atoms with van der Waals surface area (Å²) in [5.41, 5.74) is 5.37. The SMILES string of the molecule is NCCn1cc(S(=O)(=O)Nc2ncccc2Cl)cn1. The van der Waals surface area contributed by atoms with Crippen LogP contribution in [0, 0.1) is 0 Å². The summed E-state index contributed by atoms with van der Waals surface area (Å²) < 4.78 is 27.9. The third-order valence-electron chi connectivity index (χ3n) is 2.27. The second-order valence-corrected chi connectivity index (χ2v) is 5.76. The summed E-state index contributed by atoms with van der Waals surface area (Å²) >= 11 is 5.85. The fourth-order valence-electron chi connectivity index (χ4n) is 1.38. The summed E-state index contributed by atoms with van der Waals surface area (Å²) in [6.07, 6.45) is 4.09. The fourth-order valence-corrected chi connectivity index (χ4v) is 2.59. The highest BCUT2D eigenvalue weighted by Gasteiger charge is 2.18. The molecule has 0 unspecified atom stereocenters. The molecule has 0 fully saturated rings. The Morgan fingerprint density at radius 2 is 2.26 bits per heavy atom. The summed E-state index contributed by atoms with van der Waals surface area (Å²) in [5, 5.41) is 4.12. The molecule has 0 bridgehead atoms. The maximum absolute atomic E-state index is 12.1. The van der Waals surface area contributed by atoms with Crippen LogP contribution in [0.1, 0.15) is 0 Å². The van der Waals surface area contributed by atoms with Crippen LogP contribution in [0.2, 0.25) is 5.02 Å². The molecule has 0 aliphatic rings. The van der Waals surface area contributed by atoms with E-state index in [9.17, 15) is 8.42 Å². The van der Waals surface area contributed by atoms with Crippen molar-refractivity contribution in [2.75, 3.05) is 11.3 Å². The number of pyridine rings is 1. The molecule has 0 aliphatic heterocycles. The molecular weight excluding hydrogens is 290 g/mol. The van der Waals surface area contributed by atoms with Crippen molar-refractivity contribution in [2.45, 2.75) is 11.4 Å². The van der Waals surface area contributed by atoms with Gasteiger partial charge in [0.25, 0.3) is 10.0 Å². The minimum absolute atomic E-state index is 0.0302. The van der Waals surface area contributed by atoms with Crippen molar-refractivity contribution >= 4 is 27.4 Å². The van der Waals surface area contributed by atoms with E-state index in [-0.39, 0.29) is 15.7 Å². The topological polar surface area (TPSA) is 103 Å². The molecule has 0 saturated carbocycles. The van der Waals surface area contributed by atoms with Crippen molar-refractivity contribution in [3.8, 4) is 0 Å². The van der Waals surface area contributed by atoms with Gasteiger partial charge in [-0.15, -0.1) is 0 Å². The molecule has 0 amide bonds. The van der Waals surface area contributed by atoms with Crippen LogP contribution in [-0.4, -0.2) is 29.7 Å². The zero-order valence-corrected chi connectivity index (χ0v) is 11.4. The molecular formula is C10H12ClN5O2S. The van der Waals surface area contributed by atoms with Crippen LogP contribution in [0.25, 0.3) is 0 Å². The number of hydrogen-bond acceptors (Lipinski definition) is 5. The van der Waals surface area contributed by atoms with Gasteiger partial charge in [0, 0.05) is 18.9 Å². The smallest absolute Gasteiger partial charge is 0.266 e. The van der Waals surface area contributed by atoms with E-state index >= 15 is 0 Å². The lowest BCUT2D eigenvalue weighted by Gasteiger charge is -2.06. The average Bonchev–Trinajstić information content (AvgIpc) is 2.82. The Kier molecular flexibility index (Phi) is 4.03. The lowest BCUT2D eigenvalue weighted by atomic mass is 10.5. The van der Waals surface area contributed by atoms with Crippen molar-refractivity contribution in [1.82, 2.24) is 14.8 Å². The number of rotatable bonds is 5. The third-order valence-corrected chi connectivity index (χ3v) is 3.87. The summed E-state index contributed by atoms with van der Waals surface area (Å²) in [5.74, 6) is 0.0794. The van der Waals surface area contributed by atoms with Crippen LogP contribution in [0.5, 0.6) is 0 Å². The molecule has 2 heterocycles. The number of sulfonamides is 1. The van der Waals surface area contributed by atoms with Gasteiger partial charge in [-0.25, -0.2) is 13.4 Å². The molecule has 2 aromatic rings. The molecule has 0 radical (unpaired) electrons. The van der Waals surface area contributed by atoms with Gasteiger partial charge in [-0.1, -0.05) is 11.6 Å². The second-order valence-electron chi connectivity index (χ2n) is 3.67. The molecule has 0 atom stereocenters. The van der Waals surface area contributed by atoms with Crippen LogP contribution >= 0.6 is 11.6 Å². The highest BCUT2D eigenvalue weighted by atomic mass is 35.5. The van der Waals surface area contributed by atoms with E-state index in [1.54, 1.807) is 12.1 Å². The Bertz CT molecular complexity index is 670. The molecule has 102 valence electrons. The number of anilines is 1. The highest BCUT2D eigenvalue weighted by Crippen LogP contribution is 2.21. The zero-order chi connectivity index (χ0) is 13.9. The highest BCUT2D eigenvalue weighted by molar-refractivity contribution is 7.92. The van der Waals surface area contributed by atoms with Gasteiger partial charge in [0.05, 0.1) is 17.8 Å². The van der Waals surface area contributed by atoms with E-state index in [2.05, 4.69) is 14.8 Å². The van der Waals surface area contributed by atoms with Gasteiger partial charge >= 0.3 is 0 Å². The molecule has 2 aromatic heterocycles. The fraction of sp³-hybridized carbons (Fsp3) is 0.200. The van der Waals surface area contributed by atoms with E-state index < -0.39 is 10.0 Å². The Morgan fingerprint density at radius 3 is 2.95 bits per heavy atom. The molecule has 0 spiro atoms. The Labute approximate surface area is 115 Å². The predicted octanol–water partition coefficient (Wildman–Crippen LogP) is 0.691. The summed E-state index contributed by atoms with van der Waals surface area (Å²) in [6, 6.07) is 3.16. The maximum atomic E-state index is 12.1. The third kappa shape index (κ3) is 3.22. The maximum Gasteiger partial charge on any atom is 0.266 e. The monoisotopic (exact) mass is 301 g/mol. The standard InChI is InChI=1S/C10H12ClN5O2S/c11-9-2-1-4-13-10(9)15-19(17,18)8-6-14-16(7-8)5-3-12/h1-2,4,6-7H,3,5,12H2,(H,13,15). The molecule has 3 N–H and O–H groups in total. The zero-order valence-electron chi connectivity index (χ0n) is 9.82. The molecule has 0 aliphatic carbocycles. The van der Waals surface area contributed by atoms with Crippen LogP contribution in [0.4, 0.5) is 5.82 Å². The quantitative estimate of drug-likeness (QED) is 0.846. The van der Waals surface area contributed by atoms with Crippen LogP contribution in [0.3, 0.4) is 0 Å². The van der Waals surface area contributed by atoms with E-state index in [1.165, 1.54) is 23.3 Å². The van der Waals surface area contributed by atoms with Gasteiger partial charge in [-0.3, -0.25) is 9.40 Å². The lowest BCUT2D eigenvalue weighted by molar-refractivity contribution is 0.599. The van der Waals surface area contributed by atoms with Crippen LogP contribution in [0.15, 0.2) is 35.6 Å². The molecule has 7 nitrogen and oxygen atoms in total. The molecule has 0 saturated heterocycles. The number of hydrogen-bond donors (Lipinski definition) is 2. The first-order chi connectivity index (χ1) is 9.03. The number of nitrogens with two attached hydrogens (primary N) is 1. The number of halogens is 1. The van der Waals surface area contributed by atoms with E-state index in [4.69, 9.17) is 17.3 Å². The van der Waals surface area contributed by atoms with Crippen molar-refractivity contribution in [3.63, 3.8) is 0 Å². The lowest BCUT2D eigenvalue weighted by Crippen LogP contribution is -2.14. The van der Waals surface area contributed by atoms with Crippen molar-refractivity contribution in [1.29, 1.82) is 0 Å². The normalized spacial score (nSPS) is 11.5. The van der Waals surface area contributed by atoms with Crippen molar-refractivity contribution in [2.24, 2.45) is 5.73 Å². The number of nitrogens with zero attached hydrogens (tertiary/aromatic N) is 3. The number of aromatic nitrogens is 3. The Hall–Kier alpha value is -1.64. The molecule has 0 aromatic carbocycles. The first-order valence-corrected chi connectivity index (χ1v) is 7.25. The largest absolute Gasteiger partial charge is 0.329 e. The average molecular weight is 302 g/mol. The Balaban J connectivity index is 2.25. The van der Waals surface area contributed by atoms with Gasteiger partial charge in [0.15, 0.2) is 5.82 Å². The van der Waals surface area contributed by atoms with E-state index in [0.717, 1.165) is 0 Å². The van der Waals surface area contributed by atoms with Crippen molar-refractivity contribution in [3.05, 3.63) is 35.7 Å². The molecule has 19 heavy (non-hydrogen) atoms. The van der Waals surface area contributed by atoms with E-state index in [0.29, 0.717) is 13.1 Å².